The van der Waals surface area contributed by atoms with Gasteiger partial charge in [-0.3, -0.25) is 9.59 Å². The Labute approximate surface area is 197 Å². The number of nitrogens with one attached hydrogen (secondary N) is 1. The molecule has 0 aliphatic heterocycles. The van der Waals surface area contributed by atoms with Crippen molar-refractivity contribution in [3.63, 3.8) is 0 Å². The highest BCUT2D eigenvalue weighted by Crippen LogP contribution is 2.28. The van der Waals surface area contributed by atoms with Crippen LogP contribution in [0.2, 0.25) is 5.02 Å². The quantitative estimate of drug-likeness (QED) is 0.530. The van der Waals surface area contributed by atoms with Gasteiger partial charge >= 0.3 is 0 Å². The predicted molar refractivity (Wildman–Crippen MR) is 126 cm³/mol. The number of carbonyl (C=O) groups is 2. The van der Waals surface area contributed by atoms with Gasteiger partial charge in [-0.05, 0) is 66.4 Å². The van der Waals surface area contributed by atoms with Crippen molar-refractivity contribution < 1.29 is 14.3 Å². The minimum Gasteiger partial charge on any atom is -0.483 e. The van der Waals surface area contributed by atoms with Crippen LogP contribution in [-0.2, 0) is 16.1 Å². The molecule has 1 aliphatic carbocycles. The largest absolute Gasteiger partial charge is 0.483 e. The Morgan fingerprint density at radius 3 is 2.65 bits per heavy atom. The first kappa shape index (κ1) is 23.6. The number of ether oxygens (including phenoxy) is 1. The Bertz CT molecular complexity index is 931. The molecule has 5 nitrogen and oxygen atoms in total. The van der Waals surface area contributed by atoms with E-state index < -0.39 is 6.04 Å². The highest BCUT2D eigenvalue weighted by atomic mass is 79.9. The molecule has 0 bridgehead atoms. The molecule has 0 radical (unpaired) electrons. The number of halogens is 2. The lowest BCUT2D eigenvalue weighted by Gasteiger charge is -2.29. The van der Waals surface area contributed by atoms with E-state index >= 15 is 0 Å². The summed E-state index contributed by atoms with van der Waals surface area (Å²) >= 11 is 9.37. The zero-order valence-electron chi connectivity index (χ0n) is 17.9. The molecule has 1 atom stereocenters. The molecule has 166 valence electrons. The fourth-order valence-electron chi connectivity index (χ4n) is 3.80. The van der Waals surface area contributed by atoms with Crippen LogP contribution in [0.3, 0.4) is 0 Å². The van der Waals surface area contributed by atoms with Crippen LogP contribution in [0.15, 0.2) is 46.9 Å². The molecule has 0 aromatic heterocycles. The van der Waals surface area contributed by atoms with Crippen LogP contribution in [0.1, 0.15) is 43.7 Å². The molecule has 1 saturated carbocycles. The average molecular weight is 508 g/mol. The van der Waals surface area contributed by atoms with Crippen LogP contribution in [0.4, 0.5) is 0 Å². The van der Waals surface area contributed by atoms with Gasteiger partial charge < -0.3 is 15.0 Å². The monoisotopic (exact) mass is 506 g/mol. The van der Waals surface area contributed by atoms with Crippen molar-refractivity contribution in [3.8, 4) is 5.75 Å². The first-order chi connectivity index (χ1) is 14.8. The summed E-state index contributed by atoms with van der Waals surface area (Å²) in [4.78, 5) is 27.6. The molecular formula is C24H28BrClN2O3. The third-order valence-electron chi connectivity index (χ3n) is 5.55. The molecule has 2 aromatic rings. The summed E-state index contributed by atoms with van der Waals surface area (Å²) in [6.07, 6.45) is 4.26. The lowest BCUT2D eigenvalue weighted by atomic mass is 10.1. The Hall–Kier alpha value is -2.05. The normalized spacial score (nSPS) is 14.8. The maximum absolute atomic E-state index is 13.1. The molecule has 1 N–H and O–H groups in total. The van der Waals surface area contributed by atoms with E-state index in [4.69, 9.17) is 16.3 Å². The lowest BCUT2D eigenvalue weighted by molar-refractivity contribution is -0.142. The maximum Gasteiger partial charge on any atom is 0.261 e. The summed E-state index contributed by atoms with van der Waals surface area (Å²) in [5, 5.41) is 3.68. The number of hydrogen-bond donors (Lipinski definition) is 1. The van der Waals surface area contributed by atoms with Gasteiger partial charge in [0.15, 0.2) is 6.61 Å². The molecule has 2 amide bonds. The fourth-order valence-corrected chi connectivity index (χ4v) is 4.59. The minimum absolute atomic E-state index is 0.124. The van der Waals surface area contributed by atoms with Gasteiger partial charge in [-0.15, -0.1) is 0 Å². The highest BCUT2D eigenvalue weighted by molar-refractivity contribution is 9.10. The molecule has 3 rings (SSSR count). The topological polar surface area (TPSA) is 58.6 Å². The molecule has 0 heterocycles. The van der Waals surface area contributed by atoms with E-state index in [2.05, 4.69) is 21.2 Å². The van der Waals surface area contributed by atoms with Crippen LogP contribution < -0.4 is 10.1 Å². The van der Waals surface area contributed by atoms with Gasteiger partial charge in [0.2, 0.25) is 5.91 Å². The van der Waals surface area contributed by atoms with E-state index in [0.717, 1.165) is 36.8 Å². The van der Waals surface area contributed by atoms with E-state index in [1.54, 1.807) is 30.0 Å². The maximum atomic E-state index is 13.1. The average Bonchev–Trinajstić information content (AvgIpc) is 3.23. The summed E-state index contributed by atoms with van der Waals surface area (Å²) in [6.45, 7) is 3.95. The van der Waals surface area contributed by atoms with Crippen LogP contribution in [0.5, 0.6) is 5.75 Å². The second-order valence-electron chi connectivity index (χ2n) is 8.04. The van der Waals surface area contributed by atoms with Crippen molar-refractivity contribution in [2.24, 2.45) is 0 Å². The van der Waals surface area contributed by atoms with E-state index in [9.17, 15) is 9.59 Å². The van der Waals surface area contributed by atoms with E-state index in [0.29, 0.717) is 21.8 Å². The van der Waals surface area contributed by atoms with Crippen molar-refractivity contribution in [1.29, 1.82) is 0 Å². The van der Waals surface area contributed by atoms with Crippen molar-refractivity contribution in [2.75, 3.05) is 6.61 Å². The van der Waals surface area contributed by atoms with Crippen molar-refractivity contribution in [2.45, 2.75) is 58.2 Å². The standard InChI is InChI=1S/C24H28BrClN2O3/c1-16-6-5-7-18(12-16)14-28(17(2)24(30)27-20-8-3-4-9-20)23(29)15-31-22-11-10-19(26)13-21(22)25/h5-7,10-13,17,20H,3-4,8-9,14-15H2,1-2H3,(H,27,30)/t17-/m1/s1. The Balaban J connectivity index is 1.73. The summed E-state index contributed by atoms with van der Waals surface area (Å²) in [5.41, 5.74) is 2.08. The predicted octanol–water partition coefficient (Wildman–Crippen LogP) is 5.27. The second-order valence-corrected chi connectivity index (χ2v) is 9.33. The van der Waals surface area contributed by atoms with Gasteiger partial charge in [0, 0.05) is 17.6 Å². The zero-order chi connectivity index (χ0) is 22.4. The first-order valence-electron chi connectivity index (χ1n) is 10.6. The fraction of sp³-hybridized carbons (Fsp3) is 0.417. The molecule has 0 saturated heterocycles. The number of benzene rings is 2. The van der Waals surface area contributed by atoms with Crippen LogP contribution >= 0.6 is 27.5 Å². The molecule has 1 aliphatic rings. The third-order valence-corrected chi connectivity index (χ3v) is 6.40. The van der Waals surface area contributed by atoms with Crippen LogP contribution in [0.25, 0.3) is 0 Å². The van der Waals surface area contributed by atoms with Gasteiger partial charge in [-0.1, -0.05) is 54.3 Å². The summed E-state index contributed by atoms with van der Waals surface area (Å²) in [5.74, 6) is 0.148. The number of hydrogen-bond acceptors (Lipinski definition) is 3. The van der Waals surface area contributed by atoms with Crippen LogP contribution in [-0.4, -0.2) is 35.4 Å². The summed E-state index contributed by atoms with van der Waals surface area (Å²) in [7, 11) is 0. The Morgan fingerprint density at radius 1 is 1.23 bits per heavy atom. The van der Waals surface area contributed by atoms with Gasteiger partial charge in [0.05, 0.1) is 4.47 Å². The number of amides is 2. The zero-order valence-corrected chi connectivity index (χ0v) is 20.2. The second kappa shape index (κ2) is 11.0. The van der Waals surface area contributed by atoms with Gasteiger partial charge in [-0.2, -0.15) is 0 Å². The summed E-state index contributed by atoms with van der Waals surface area (Å²) < 4.78 is 6.40. The molecule has 31 heavy (non-hydrogen) atoms. The van der Waals surface area contributed by atoms with Crippen molar-refractivity contribution >= 4 is 39.3 Å². The molecule has 1 fully saturated rings. The Kier molecular flexibility index (Phi) is 8.38. The Morgan fingerprint density at radius 2 is 1.97 bits per heavy atom. The van der Waals surface area contributed by atoms with Crippen molar-refractivity contribution in [1.82, 2.24) is 10.2 Å². The third kappa shape index (κ3) is 6.71. The SMILES string of the molecule is Cc1cccc(CN(C(=O)COc2ccc(Cl)cc2Br)[C@H](C)C(=O)NC2CCCC2)c1. The first-order valence-corrected chi connectivity index (χ1v) is 11.7. The molecular weight excluding hydrogens is 480 g/mol. The molecule has 0 spiro atoms. The number of aryl methyl sites for hydroxylation is 1. The van der Waals surface area contributed by atoms with Crippen LogP contribution in [0, 0.1) is 6.92 Å². The van der Waals surface area contributed by atoms with Gasteiger partial charge in [0.1, 0.15) is 11.8 Å². The smallest absolute Gasteiger partial charge is 0.261 e. The van der Waals surface area contributed by atoms with Gasteiger partial charge in [0.25, 0.3) is 5.91 Å². The minimum atomic E-state index is -0.606. The number of carbonyl (C=O) groups excluding carboxylic acids is 2. The molecule has 2 aromatic carbocycles. The van der Waals surface area contributed by atoms with Gasteiger partial charge in [-0.25, -0.2) is 0 Å². The molecule has 0 unspecified atom stereocenters. The molecule has 7 heteroatoms. The van der Waals surface area contributed by atoms with E-state index in [1.807, 2.05) is 31.2 Å². The van der Waals surface area contributed by atoms with E-state index in [1.165, 1.54) is 0 Å². The van der Waals surface area contributed by atoms with Crippen molar-refractivity contribution in [3.05, 3.63) is 63.1 Å². The van der Waals surface area contributed by atoms with E-state index in [-0.39, 0.29) is 24.5 Å². The highest BCUT2D eigenvalue weighted by Gasteiger charge is 2.28. The number of nitrogens with zero attached hydrogens (tertiary/aromatic N) is 1. The number of rotatable bonds is 8. The summed E-state index contributed by atoms with van der Waals surface area (Å²) in [6, 6.07) is 12.7. The lowest BCUT2D eigenvalue weighted by Crippen LogP contribution is -2.50.